The maximum Gasteiger partial charge on any atom is 0.317 e. The number of carbonyl (C=O) groups excluding carboxylic acids is 1. The SMILES string of the molecule is CN(CC1CCCN1C)C(=O)NC1CCCC1C(=O)O. The van der Waals surface area contributed by atoms with Crippen LogP contribution in [0.3, 0.4) is 0 Å². The molecule has 3 unspecified atom stereocenters. The molecule has 3 atom stereocenters. The molecule has 2 fully saturated rings. The Morgan fingerprint density at radius 3 is 2.65 bits per heavy atom. The van der Waals surface area contributed by atoms with E-state index >= 15 is 0 Å². The fourth-order valence-corrected chi connectivity index (χ4v) is 3.31. The van der Waals surface area contributed by atoms with E-state index in [4.69, 9.17) is 5.11 Å². The molecule has 1 heterocycles. The van der Waals surface area contributed by atoms with Crippen molar-refractivity contribution in [3.63, 3.8) is 0 Å². The maximum atomic E-state index is 12.2. The molecular weight excluding hydrogens is 258 g/mol. The summed E-state index contributed by atoms with van der Waals surface area (Å²) in [5.41, 5.74) is 0. The Labute approximate surface area is 120 Å². The highest BCUT2D eigenvalue weighted by Gasteiger charge is 2.34. The number of aliphatic carboxylic acids is 1. The van der Waals surface area contributed by atoms with Crippen LogP contribution in [0.15, 0.2) is 0 Å². The monoisotopic (exact) mass is 283 g/mol. The first kappa shape index (κ1) is 15.1. The zero-order chi connectivity index (χ0) is 14.7. The van der Waals surface area contributed by atoms with E-state index in [2.05, 4.69) is 17.3 Å². The lowest BCUT2D eigenvalue weighted by molar-refractivity contribution is -0.142. The minimum absolute atomic E-state index is 0.150. The average Bonchev–Trinajstić information content (AvgIpc) is 2.99. The van der Waals surface area contributed by atoms with E-state index in [1.807, 2.05) is 0 Å². The van der Waals surface area contributed by atoms with Gasteiger partial charge in [0.2, 0.25) is 0 Å². The van der Waals surface area contributed by atoms with Crippen LogP contribution in [0.2, 0.25) is 0 Å². The molecule has 1 aliphatic carbocycles. The van der Waals surface area contributed by atoms with Gasteiger partial charge in [0.25, 0.3) is 0 Å². The molecule has 0 aromatic rings. The van der Waals surface area contributed by atoms with Gasteiger partial charge >= 0.3 is 12.0 Å². The number of rotatable bonds is 4. The molecule has 20 heavy (non-hydrogen) atoms. The summed E-state index contributed by atoms with van der Waals surface area (Å²) in [4.78, 5) is 27.2. The molecule has 1 saturated carbocycles. The predicted molar refractivity (Wildman–Crippen MR) is 75.6 cm³/mol. The van der Waals surface area contributed by atoms with Crippen LogP contribution in [0.25, 0.3) is 0 Å². The van der Waals surface area contributed by atoms with Gasteiger partial charge in [-0.1, -0.05) is 6.42 Å². The van der Waals surface area contributed by atoms with E-state index in [0.717, 1.165) is 25.8 Å². The molecule has 1 saturated heterocycles. The van der Waals surface area contributed by atoms with Crippen molar-refractivity contribution in [2.75, 3.05) is 27.2 Å². The quantitative estimate of drug-likeness (QED) is 0.806. The summed E-state index contributed by atoms with van der Waals surface area (Å²) in [5, 5.41) is 12.0. The molecule has 0 radical (unpaired) electrons. The molecule has 6 nitrogen and oxygen atoms in total. The number of likely N-dealkylation sites (tertiary alicyclic amines) is 1. The van der Waals surface area contributed by atoms with E-state index in [9.17, 15) is 9.59 Å². The Hall–Kier alpha value is -1.30. The van der Waals surface area contributed by atoms with Crippen LogP contribution < -0.4 is 5.32 Å². The van der Waals surface area contributed by atoms with Crippen LogP contribution in [0.4, 0.5) is 4.79 Å². The second-order valence-corrected chi connectivity index (χ2v) is 6.09. The third-order valence-electron chi connectivity index (χ3n) is 4.64. The molecule has 2 rings (SSSR count). The average molecular weight is 283 g/mol. The standard InChI is InChI=1S/C14H25N3O3/c1-16-8-4-5-10(16)9-17(2)14(20)15-12-7-3-6-11(12)13(18)19/h10-12H,3-9H2,1-2H3,(H,15,20)(H,18,19). The number of nitrogens with one attached hydrogen (secondary N) is 1. The Balaban J connectivity index is 1.83. The molecule has 1 aliphatic heterocycles. The zero-order valence-corrected chi connectivity index (χ0v) is 12.3. The lowest BCUT2D eigenvalue weighted by Gasteiger charge is -2.28. The van der Waals surface area contributed by atoms with E-state index in [-0.39, 0.29) is 12.1 Å². The van der Waals surface area contributed by atoms with Gasteiger partial charge in [-0.05, 0) is 39.3 Å². The molecule has 2 amide bonds. The fraction of sp³-hybridized carbons (Fsp3) is 0.857. The molecule has 0 spiro atoms. The van der Waals surface area contributed by atoms with Gasteiger partial charge in [-0.25, -0.2) is 4.79 Å². The lowest BCUT2D eigenvalue weighted by atomic mass is 10.0. The first-order valence-electron chi connectivity index (χ1n) is 7.43. The van der Waals surface area contributed by atoms with Crippen LogP contribution in [0.1, 0.15) is 32.1 Å². The van der Waals surface area contributed by atoms with Crippen LogP contribution in [-0.4, -0.2) is 66.2 Å². The molecular formula is C14H25N3O3. The minimum atomic E-state index is -0.800. The highest BCUT2D eigenvalue weighted by Crippen LogP contribution is 2.26. The van der Waals surface area contributed by atoms with E-state index in [1.165, 1.54) is 6.42 Å². The summed E-state index contributed by atoms with van der Waals surface area (Å²) in [6.07, 6.45) is 4.60. The van der Waals surface area contributed by atoms with Gasteiger partial charge in [0.05, 0.1) is 5.92 Å². The van der Waals surface area contributed by atoms with Crippen LogP contribution in [-0.2, 0) is 4.79 Å². The predicted octanol–water partition coefficient (Wildman–Crippen LogP) is 0.975. The summed E-state index contributed by atoms with van der Waals surface area (Å²) in [6, 6.07) is 0.0526. The molecule has 6 heteroatoms. The van der Waals surface area contributed by atoms with Gasteiger partial charge in [-0.15, -0.1) is 0 Å². The first-order valence-corrected chi connectivity index (χ1v) is 7.43. The topological polar surface area (TPSA) is 72.9 Å². The third kappa shape index (κ3) is 3.42. The Morgan fingerprint density at radius 1 is 1.30 bits per heavy atom. The number of amides is 2. The lowest BCUT2D eigenvalue weighted by Crippen LogP contribution is -2.49. The fourth-order valence-electron chi connectivity index (χ4n) is 3.31. The highest BCUT2D eigenvalue weighted by atomic mass is 16.4. The number of likely N-dealkylation sites (N-methyl/N-ethyl adjacent to an activating group) is 2. The number of urea groups is 1. The Morgan fingerprint density at radius 2 is 2.05 bits per heavy atom. The van der Waals surface area contributed by atoms with Crippen LogP contribution in [0.5, 0.6) is 0 Å². The first-order chi connectivity index (χ1) is 9.49. The number of hydrogen-bond donors (Lipinski definition) is 2. The number of carbonyl (C=O) groups is 2. The van der Waals surface area contributed by atoms with E-state index in [0.29, 0.717) is 19.0 Å². The van der Waals surface area contributed by atoms with Crippen molar-refractivity contribution in [3.8, 4) is 0 Å². The highest BCUT2D eigenvalue weighted by molar-refractivity contribution is 5.77. The molecule has 2 aliphatic rings. The van der Waals surface area contributed by atoms with Gasteiger partial charge in [0.15, 0.2) is 0 Å². The molecule has 0 bridgehead atoms. The van der Waals surface area contributed by atoms with Gasteiger partial charge in [-0.3, -0.25) is 4.79 Å². The Bertz CT molecular complexity index is 375. The minimum Gasteiger partial charge on any atom is -0.481 e. The van der Waals surface area contributed by atoms with Gasteiger partial charge in [-0.2, -0.15) is 0 Å². The summed E-state index contributed by atoms with van der Waals surface area (Å²) in [5.74, 6) is -1.23. The van der Waals surface area contributed by atoms with Crippen molar-refractivity contribution in [2.24, 2.45) is 5.92 Å². The smallest absolute Gasteiger partial charge is 0.317 e. The number of carboxylic acid groups (broad SMARTS) is 1. The van der Waals surface area contributed by atoms with Crippen molar-refractivity contribution in [2.45, 2.75) is 44.2 Å². The Kier molecular flexibility index (Phi) is 4.86. The zero-order valence-electron chi connectivity index (χ0n) is 12.3. The number of nitrogens with zero attached hydrogens (tertiary/aromatic N) is 2. The normalized spacial score (nSPS) is 30.4. The third-order valence-corrected chi connectivity index (χ3v) is 4.64. The van der Waals surface area contributed by atoms with Crippen molar-refractivity contribution in [3.05, 3.63) is 0 Å². The number of carboxylic acids is 1. The van der Waals surface area contributed by atoms with Gasteiger partial charge in [0, 0.05) is 25.7 Å². The molecule has 0 aromatic carbocycles. The maximum absolute atomic E-state index is 12.2. The summed E-state index contributed by atoms with van der Waals surface area (Å²) in [7, 11) is 3.87. The summed E-state index contributed by atoms with van der Waals surface area (Å²) >= 11 is 0. The molecule has 0 aromatic heterocycles. The molecule has 114 valence electrons. The second kappa shape index (κ2) is 6.43. The van der Waals surface area contributed by atoms with Gasteiger partial charge < -0.3 is 20.2 Å². The van der Waals surface area contributed by atoms with Crippen LogP contribution >= 0.6 is 0 Å². The van der Waals surface area contributed by atoms with Crippen molar-refractivity contribution >= 4 is 12.0 Å². The summed E-state index contributed by atoms with van der Waals surface area (Å²) < 4.78 is 0. The van der Waals surface area contributed by atoms with Crippen molar-refractivity contribution in [1.29, 1.82) is 0 Å². The van der Waals surface area contributed by atoms with E-state index in [1.54, 1.807) is 11.9 Å². The second-order valence-electron chi connectivity index (χ2n) is 6.09. The number of hydrogen-bond acceptors (Lipinski definition) is 3. The van der Waals surface area contributed by atoms with E-state index < -0.39 is 11.9 Å². The summed E-state index contributed by atoms with van der Waals surface area (Å²) in [6.45, 7) is 1.79. The molecule has 2 N–H and O–H groups in total. The van der Waals surface area contributed by atoms with Crippen molar-refractivity contribution in [1.82, 2.24) is 15.1 Å². The van der Waals surface area contributed by atoms with Crippen molar-refractivity contribution < 1.29 is 14.7 Å². The largest absolute Gasteiger partial charge is 0.481 e. The van der Waals surface area contributed by atoms with Crippen LogP contribution in [0, 0.1) is 5.92 Å². The van der Waals surface area contributed by atoms with Gasteiger partial charge in [0.1, 0.15) is 0 Å².